The van der Waals surface area contributed by atoms with Gasteiger partial charge in [-0.1, -0.05) is 68.4 Å². The third kappa shape index (κ3) is 4.29. The first-order valence-corrected chi connectivity index (χ1v) is 13.1. The van der Waals surface area contributed by atoms with Crippen molar-refractivity contribution in [3.8, 4) is 28.1 Å². The lowest BCUT2D eigenvalue weighted by Crippen LogP contribution is -2.38. The average molecular weight is 481 g/mol. The van der Waals surface area contributed by atoms with Crippen LogP contribution in [0.5, 0.6) is 0 Å². The molecule has 0 aliphatic heterocycles. The number of pyridine rings is 3. The zero-order valence-electron chi connectivity index (χ0n) is 21.7. The summed E-state index contributed by atoms with van der Waals surface area (Å²) in [6.07, 6.45) is 5.56. The van der Waals surface area contributed by atoms with Crippen LogP contribution in [0.3, 0.4) is 0 Å². The first-order chi connectivity index (χ1) is 18.1. The van der Waals surface area contributed by atoms with Gasteiger partial charge >= 0.3 is 0 Å². The summed E-state index contributed by atoms with van der Waals surface area (Å²) < 4.78 is 4.76. The van der Waals surface area contributed by atoms with Crippen LogP contribution in [0, 0.1) is 12.8 Å². The van der Waals surface area contributed by atoms with Crippen LogP contribution < -0.4 is 8.97 Å². The SMILES string of the molecule is Cc1ccc(-c2ccccc2)cc1-c1cccc[n+]1-c1c[n+]2c(CC(C)C)cccc2c2ccccc12. The number of benzene rings is 3. The van der Waals surface area contributed by atoms with Crippen LogP contribution in [0.25, 0.3) is 44.4 Å². The fraction of sp³-hybridized carbons (Fsp3) is 0.143. The Balaban J connectivity index is 1.63. The van der Waals surface area contributed by atoms with Crippen molar-refractivity contribution < 1.29 is 8.97 Å². The Morgan fingerprint density at radius 1 is 0.676 bits per heavy atom. The summed E-state index contributed by atoms with van der Waals surface area (Å²) in [6, 6.07) is 39.4. The van der Waals surface area contributed by atoms with Crippen LogP contribution in [-0.2, 0) is 6.42 Å². The van der Waals surface area contributed by atoms with Crippen LogP contribution in [-0.4, -0.2) is 0 Å². The maximum atomic E-state index is 2.40. The molecule has 0 N–H and O–H groups in total. The first kappa shape index (κ1) is 23.1. The van der Waals surface area contributed by atoms with Gasteiger partial charge < -0.3 is 0 Å². The number of rotatable bonds is 5. The minimum absolute atomic E-state index is 0.580. The molecule has 0 aliphatic rings. The topological polar surface area (TPSA) is 7.98 Å². The number of aryl methyl sites for hydroxylation is 1. The van der Waals surface area contributed by atoms with E-state index in [1.54, 1.807) is 0 Å². The third-order valence-electron chi connectivity index (χ3n) is 7.20. The number of aromatic nitrogens is 2. The highest BCUT2D eigenvalue weighted by Crippen LogP contribution is 2.29. The molecule has 2 heteroatoms. The lowest BCUT2D eigenvalue weighted by Gasteiger charge is -2.11. The van der Waals surface area contributed by atoms with E-state index in [0.29, 0.717) is 5.92 Å². The molecule has 6 rings (SSSR count). The van der Waals surface area contributed by atoms with Gasteiger partial charge in [-0.2, -0.15) is 8.97 Å². The monoisotopic (exact) mass is 480 g/mol. The summed E-state index contributed by atoms with van der Waals surface area (Å²) in [5.41, 5.74) is 9.92. The first-order valence-electron chi connectivity index (χ1n) is 13.1. The number of nitrogens with zero attached hydrogens (tertiary/aromatic N) is 2. The van der Waals surface area contributed by atoms with Gasteiger partial charge in [0.05, 0.1) is 16.3 Å². The lowest BCUT2D eigenvalue weighted by atomic mass is 9.97. The summed E-state index contributed by atoms with van der Waals surface area (Å²) in [7, 11) is 0. The minimum Gasteiger partial charge on any atom is -0.158 e. The molecule has 0 saturated carbocycles. The van der Waals surface area contributed by atoms with Crippen LogP contribution >= 0.6 is 0 Å². The summed E-state index contributed by atoms with van der Waals surface area (Å²) in [5, 5.41) is 2.51. The predicted molar refractivity (Wildman–Crippen MR) is 153 cm³/mol. The van der Waals surface area contributed by atoms with Crippen LogP contribution in [0.15, 0.2) is 122 Å². The molecule has 0 bridgehead atoms. The fourth-order valence-corrected chi connectivity index (χ4v) is 5.42. The highest BCUT2D eigenvalue weighted by atomic mass is 15.0. The van der Waals surface area contributed by atoms with Crippen molar-refractivity contribution in [3.05, 3.63) is 133 Å². The van der Waals surface area contributed by atoms with E-state index in [-0.39, 0.29) is 0 Å². The summed E-state index contributed by atoms with van der Waals surface area (Å²) in [4.78, 5) is 0. The molecule has 0 unspecified atom stereocenters. The van der Waals surface area contributed by atoms with E-state index >= 15 is 0 Å². The Bertz CT molecular complexity index is 1730. The molecule has 0 atom stereocenters. The molecular weight excluding hydrogens is 448 g/mol. The van der Waals surface area contributed by atoms with Crippen molar-refractivity contribution in [3.63, 3.8) is 0 Å². The maximum absolute atomic E-state index is 2.40. The molecular formula is C35H32N2+2. The quantitative estimate of drug-likeness (QED) is 0.176. The normalized spacial score (nSPS) is 11.5. The van der Waals surface area contributed by atoms with Crippen molar-refractivity contribution in [2.24, 2.45) is 5.92 Å². The van der Waals surface area contributed by atoms with Gasteiger partial charge in [0.25, 0.3) is 5.69 Å². The molecule has 3 heterocycles. The zero-order valence-corrected chi connectivity index (χ0v) is 21.7. The Morgan fingerprint density at radius 2 is 1.43 bits per heavy atom. The second-order valence-electron chi connectivity index (χ2n) is 10.3. The van der Waals surface area contributed by atoms with Gasteiger partial charge in [0.15, 0.2) is 11.9 Å². The van der Waals surface area contributed by atoms with E-state index in [0.717, 1.165) is 6.42 Å². The highest BCUT2D eigenvalue weighted by molar-refractivity contribution is 5.97. The molecule has 0 radical (unpaired) electrons. The Kier molecular flexibility index (Phi) is 6.02. The van der Waals surface area contributed by atoms with Crippen LogP contribution in [0.1, 0.15) is 25.1 Å². The summed E-state index contributed by atoms with van der Waals surface area (Å²) in [5.74, 6) is 0.580. The molecule has 0 spiro atoms. The summed E-state index contributed by atoms with van der Waals surface area (Å²) in [6.45, 7) is 6.78. The Hall–Kier alpha value is -4.30. The van der Waals surface area contributed by atoms with Crippen molar-refractivity contribution in [1.29, 1.82) is 0 Å². The van der Waals surface area contributed by atoms with Crippen molar-refractivity contribution in [2.45, 2.75) is 27.2 Å². The standard InChI is InChI=1S/C35H32N2/c1-25(2)22-29-14-11-18-33-30-15-7-8-16-31(30)35(24-37(29)33)36-21-10-9-17-34(36)32-23-28(20-19-26(32)3)27-12-5-4-6-13-27/h4-21,23-25H,22H2,1-3H3/q+2. The van der Waals surface area contributed by atoms with Gasteiger partial charge in [-0.3, -0.25) is 0 Å². The lowest BCUT2D eigenvalue weighted by molar-refractivity contribution is -0.598. The van der Waals surface area contributed by atoms with E-state index < -0.39 is 0 Å². The van der Waals surface area contributed by atoms with E-state index in [1.807, 2.05) is 0 Å². The molecule has 3 aromatic heterocycles. The largest absolute Gasteiger partial charge is 0.283 e. The molecule has 180 valence electrons. The number of hydrogen-bond donors (Lipinski definition) is 0. The molecule has 0 amide bonds. The van der Waals surface area contributed by atoms with Crippen molar-refractivity contribution in [1.82, 2.24) is 0 Å². The second kappa shape index (κ2) is 9.63. The molecule has 3 aromatic carbocycles. The molecule has 37 heavy (non-hydrogen) atoms. The summed E-state index contributed by atoms with van der Waals surface area (Å²) >= 11 is 0. The highest BCUT2D eigenvalue weighted by Gasteiger charge is 2.26. The van der Waals surface area contributed by atoms with Gasteiger partial charge in [0, 0.05) is 30.7 Å². The maximum Gasteiger partial charge on any atom is 0.283 e. The third-order valence-corrected chi connectivity index (χ3v) is 7.20. The van der Waals surface area contributed by atoms with Crippen LogP contribution in [0.2, 0.25) is 0 Å². The van der Waals surface area contributed by atoms with E-state index in [1.165, 1.54) is 55.6 Å². The van der Waals surface area contributed by atoms with E-state index in [2.05, 4.69) is 151 Å². The molecule has 0 aliphatic carbocycles. The van der Waals surface area contributed by atoms with E-state index in [4.69, 9.17) is 0 Å². The molecule has 0 saturated heterocycles. The minimum atomic E-state index is 0.580. The Labute approximate surface area is 219 Å². The molecule has 0 fully saturated rings. The smallest absolute Gasteiger partial charge is 0.158 e. The molecule has 2 nitrogen and oxygen atoms in total. The van der Waals surface area contributed by atoms with Crippen molar-refractivity contribution in [2.75, 3.05) is 0 Å². The second-order valence-corrected chi connectivity index (χ2v) is 10.3. The van der Waals surface area contributed by atoms with Gasteiger partial charge in [0.2, 0.25) is 17.4 Å². The predicted octanol–water partition coefficient (Wildman–Crippen LogP) is 7.70. The number of hydrogen-bond acceptors (Lipinski definition) is 0. The van der Waals surface area contributed by atoms with E-state index in [9.17, 15) is 0 Å². The fourth-order valence-electron chi connectivity index (χ4n) is 5.42. The van der Waals surface area contributed by atoms with Crippen LogP contribution in [0.4, 0.5) is 0 Å². The van der Waals surface area contributed by atoms with Gasteiger partial charge in [-0.15, -0.1) is 0 Å². The Morgan fingerprint density at radius 3 is 2.24 bits per heavy atom. The van der Waals surface area contributed by atoms with Gasteiger partial charge in [-0.05, 0) is 59.9 Å². The van der Waals surface area contributed by atoms with Gasteiger partial charge in [0.1, 0.15) is 0 Å². The molecule has 6 aromatic rings. The average Bonchev–Trinajstić information content (AvgIpc) is 2.93. The van der Waals surface area contributed by atoms with Gasteiger partial charge in [-0.25, -0.2) is 0 Å². The number of fused-ring (bicyclic) bond motifs is 3. The zero-order chi connectivity index (χ0) is 25.4. The van der Waals surface area contributed by atoms with Crippen molar-refractivity contribution >= 4 is 16.3 Å².